The summed E-state index contributed by atoms with van der Waals surface area (Å²) in [7, 11) is -1.95. The lowest BCUT2D eigenvalue weighted by atomic mass is 10.1. The minimum atomic E-state index is -3.55. The summed E-state index contributed by atoms with van der Waals surface area (Å²) in [5.41, 5.74) is 0. The highest BCUT2D eigenvalue weighted by molar-refractivity contribution is 8.00. The molecule has 0 radical (unpaired) electrons. The maximum Gasteiger partial charge on any atom is 0.249 e. The summed E-state index contributed by atoms with van der Waals surface area (Å²) in [6.07, 6.45) is 2.11. The number of benzene rings is 1. The van der Waals surface area contributed by atoms with Crippen LogP contribution in [0.2, 0.25) is 0 Å². The average Bonchev–Trinajstić information content (AvgIpc) is 3.08. The molecule has 0 aliphatic carbocycles. The number of hydrogen-bond acceptors (Lipinski definition) is 6. The number of likely N-dealkylation sites (tertiary alicyclic amines) is 1. The molecule has 0 N–H and O–H groups in total. The minimum absolute atomic E-state index is 0.0332. The molecule has 140 valence electrons. The zero-order valence-electron chi connectivity index (χ0n) is 14.2. The Labute approximate surface area is 155 Å². The van der Waals surface area contributed by atoms with Gasteiger partial charge in [-0.15, -0.1) is 22.0 Å². The summed E-state index contributed by atoms with van der Waals surface area (Å²) in [4.78, 5) is 14.8. The summed E-state index contributed by atoms with van der Waals surface area (Å²) in [5.74, 6) is -0.118. The second kappa shape index (κ2) is 7.75. The molecular formula is C16H19FN4O3S2. The van der Waals surface area contributed by atoms with E-state index in [0.717, 1.165) is 4.90 Å². The highest BCUT2D eigenvalue weighted by Gasteiger charge is 2.35. The fourth-order valence-corrected chi connectivity index (χ4v) is 5.40. The van der Waals surface area contributed by atoms with Crippen LogP contribution in [0, 0.1) is 5.82 Å². The van der Waals surface area contributed by atoms with E-state index in [-0.39, 0.29) is 22.6 Å². The molecule has 0 bridgehead atoms. The number of aromatic nitrogens is 3. The third-order valence-electron chi connectivity index (χ3n) is 4.33. The van der Waals surface area contributed by atoms with Crippen molar-refractivity contribution in [2.24, 2.45) is 7.05 Å². The zero-order chi connectivity index (χ0) is 18.7. The van der Waals surface area contributed by atoms with Gasteiger partial charge < -0.3 is 9.47 Å². The van der Waals surface area contributed by atoms with Crippen molar-refractivity contribution in [3.8, 4) is 0 Å². The van der Waals surface area contributed by atoms with Crippen molar-refractivity contribution in [1.29, 1.82) is 0 Å². The maximum absolute atomic E-state index is 12.9. The molecule has 1 aromatic carbocycles. The molecule has 0 spiro atoms. The predicted octanol–water partition coefficient (Wildman–Crippen LogP) is 1.51. The number of hydrogen-bond donors (Lipinski definition) is 0. The van der Waals surface area contributed by atoms with E-state index in [2.05, 4.69) is 10.2 Å². The number of carbonyl (C=O) groups excluding carboxylic acids is 1. The molecule has 10 heteroatoms. The van der Waals surface area contributed by atoms with Gasteiger partial charge >= 0.3 is 0 Å². The lowest BCUT2D eigenvalue weighted by Gasteiger charge is -2.31. The molecule has 1 aliphatic heterocycles. The summed E-state index contributed by atoms with van der Waals surface area (Å²) in [6.45, 7) is 0.787. The largest absolute Gasteiger partial charge is 0.342 e. The van der Waals surface area contributed by atoms with Crippen molar-refractivity contribution in [3.05, 3.63) is 36.4 Å². The van der Waals surface area contributed by atoms with Crippen molar-refractivity contribution in [2.75, 3.05) is 18.8 Å². The number of carbonyl (C=O) groups is 1. The van der Waals surface area contributed by atoms with Crippen LogP contribution in [0.5, 0.6) is 0 Å². The van der Waals surface area contributed by atoms with E-state index in [4.69, 9.17) is 0 Å². The SMILES string of the molecule is Cn1cnnc1S(=O)(=O)C1CCN(C(=O)CSc2ccc(F)cc2)CC1. The molecule has 0 atom stereocenters. The number of halogens is 1. The first-order chi connectivity index (χ1) is 12.4. The van der Waals surface area contributed by atoms with Crippen LogP contribution in [-0.4, -0.2) is 58.1 Å². The lowest BCUT2D eigenvalue weighted by molar-refractivity contribution is -0.129. The molecule has 0 unspecified atom stereocenters. The Hall–Kier alpha value is -1.94. The van der Waals surface area contributed by atoms with Crippen molar-refractivity contribution in [1.82, 2.24) is 19.7 Å². The summed E-state index contributed by atoms with van der Waals surface area (Å²) >= 11 is 1.34. The highest BCUT2D eigenvalue weighted by atomic mass is 32.2. The summed E-state index contributed by atoms with van der Waals surface area (Å²) in [5, 5.41) is 6.74. The molecule has 0 saturated carbocycles. The molecule has 1 aliphatic rings. The first-order valence-electron chi connectivity index (χ1n) is 8.12. The van der Waals surface area contributed by atoms with Crippen LogP contribution in [0.1, 0.15) is 12.8 Å². The van der Waals surface area contributed by atoms with Gasteiger partial charge in [-0.2, -0.15) is 0 Å². The second-order valence-corrected chi connectivity index (χ2v) is 9.26. The van der Waals surface area contributed by atoms with Gasteiger partial charge in [0.2, 0.25) is 20.9 Å². The van der Waals surface area contributed by atoms with Gasteiger partial charge in [0.1, 0.15) is 12.1 Å². The van der Waals surface area contributed by atoms with Gasteiger partial charge in [-0.3, -0.25) is 4.79 Å². The number of sulfone groups is 1. The third kappa shape index (κ3) is 4.07. The number of thioether (sulfide) groups is 1. The van der Waals surface area contributed by atoms with Crippen LogP contribution in [-0.2, 0) is 21.7 Å². The Morgan fingerprint density at radius 2 is 1.92 bits per heavy atom. The standard InChI is InChI=1S/C16H19FN4O3S2/c1-20-11-18-19-16(20)26(23,24)14-6-8-21(9-7-14)15(22)10-25-13-4-2-12(17)3-5-13/h2-5,11,14H,6-10H2,1H3. The van der Waals surface area contributed by atoms with E-state index in [9.17, 15) is 17.6 Å². The normalized spacial score (nSPS) is 16.0. The van der Waals surface area contributed by atoms with Crippen LogP contribution in [0.25, 0.3) is 0 Å². The molecule has 1 saturated heterocycles. The molecule has 7 nitrogen and oxygen atoms in total. The average molecular weight is 398 g/mol. The topological polar surface area (TPSA) is 85.2 Å². The molecule has 2 aromatic rings. The summed E-state index contributed by atoms with van der Waals surface area (Å²) < 4.78 is 39.5. The second-order valence-electron chi connectivity index (χ2n) is 6.09. The number of rotatable bonds is 5. The first-order valence-corrected chi connectivity index (χ1v) is 10.6. The third-order valence-corrected chi connectivity index (χ3v) is 7.56. The minimum Gasteiger partial charge on any atom is -0.342 e. The first kappa shape index (κ1) is 18.8. The zero-order valence-corrected chi connectivity index (χ0v) is 15.8. The van der Waals surface area contributed by atoms with Gasteiger partial charge in [0.15, 0.2) is 0 Å². The molecule has 1 aromatic heterocycles. The quantitative estimate of drug-likeness (QED) is 0.710. The lowest BCUT2D eigenvalue weighted by Crippen LogP contribution is -2.43. The van der Waals surface area contributed by atoms with E-state index in [0.29, 0.717) is 25.9 Å². The Morgan fingerprint density at radius 3 is 2.50 bits per heavy atom. The molecular weight excluding hydrogens is 379 g/mol. The summed E-state index contributed by atoms with van der Waals surface area (Å²) in [6, 6.07) is 5.98. The number of aryl methyl sites for hydroxylation is 1. The molecule has 3 rings (SSSR count). The van der Waals surface area contributed by atoms with Crippen molar-refractivity contribution in [2.45, 2.75) is 28.1 Å². The van der Waals surface area contributed by atoms with Crippen LogP contribution in [0.4, 0.5) is 4.39 Å². The number of piperidine rings is 1. The van der Waals surface area contributed by atoms with E-state index in [1.165, 1.54) is 34.8 Å². The highest BCUT2D eigenvalue weighted by Crippen LogP contribution is 2.24. The van der Waals surface area contributed by atoms with E-state index in [1.54, 1.807) is 24.1 Å². The fourth-order valence-electron chi connectivity index (χ4n) is 2.86. The van der Waals surface area contributed by atoms with Crippen LogP contribution >= 0.6 is 11.8 Å². The van der Waals surface area contributed by atoms with Gasteiger partial charge in [0.25, 0.3) is 0 Å². The fraction of sp³-hybridized carbons (Fsp3) is 0.438. The predicted molar refractivity (Wildman–Crippen MR) is 94.9 cm³/mol. The van der Waals surface area contributed by atoms with Gasteiger partial charge in [0.05, 0.1) is 11.0 Å². The molecule has 26 heavy (non-hydrogen) atoms. The van der Waals surface area contributed by atoms with Crippen molar-refractivity contribution in [3.63, 3.8) is 0 Å². The van der Waals surface area contributed by atoms with Crippen LogP contribution in [0.3, 0.4) is 0 Å². The van der Waals surface area contributed by atoms with E-state index in [1.807, 2.05) is 0 Å². The van der Waals surface area contributed by atoms with Crippen LogP contribution in [0.15, 0.2) is 40.6 Å². The van der Waals surface area contributed by atoms with Crippen molar-refractivity contribution >= 4 is 27.5 Å². The number of amides is 1. The Morgan fingerprint density at radius 1 is 1.27 bits per heavy atom. The van der Waals surface area contributed by atoms with Gasteiger partial charge in [-0.25, -0.2) is 12.8 Å². The maximum atomic E-state index is 12.9. The smallest absolute Gasteiger partial charge is 0.249 e. The Kier molecular flexibility index (Phi) is 5.61. The Bertz CT molecular complexity index is 875. The molecule has 1 amide bonds. The molecule has 2 heterocycles. The van der Waals surface area contributed by atoms with Gasteiger partial charge in [-0.1, -0.05) is 0 Å². The van der Waals surface area contributed by atoms with Gasteiger partial charge in [-0.05, 0) is 37.1 Å². The van der Waals surface area contributed by atoms with Gasteiger partial charge in [0, 0.05) is 25.0 Å². The van der Waals surface area contributed by atoms with Crippen LogP contribution < -0.4 is 0 Å². The van der Waals surface area contributed by atoms with E-state index >= 15 is 0 Å². The number of nitrogens with zero attached hydrogens (tertiary/aromatic N) is 4. The Balaban J connectivity index is 1.54. The monoisotopic (exact) mass is 398 g/mol. The van der Waals surface area contributed by atoms with Crippen molar-refractivity contribution < 1.29 is 17.6 Å². The molecule has 1 fully saturated rings. The van der Waals surface area contributed by atoms with E-state index < -0.39 is 15.1 Å².